The van der Waals surface area contributed by atoms with Crippen LogP contribution in [-0.2, 0) is 11.2 Å². The largest absolute Gasteiger partial charge is 0.372 e. The normalized spacial score (nSPS) is 17.3. The van der Waals surface area contributed by atoms with Crippen LogP contribution in [0.4, 0.5) is 5.69 Å². The third-order valence-electron chi connectivity index (χ3n) is 3.66. The zero-order valence-corrected chi connectivity index (χ0v) is 11.7. The molecule has 0 atom stereocenters. The molecule has 1 heterocycles. The number of benzene rings is 1. The maximum Gasteiger partial charge on any atom is 0.0902 e. The van der Waals surface area contributed by atoms with Crippen LogP contribution in [0, 0.1) is 0 Å². The Morgan fingerprint density at radius 3 is 2.44 bits per heavy atom. The van der Waals surface area contributed by atoms with Crippen LogP contribution < -0.4 is 10.2 Å². The fourth-order valence-corrected chi connectivity index (χ4v) is 2.12. The zero-order chi connectivity index (χ0) is 13.0. The van der Waals surface area contributed by atoms with Crippen molar-refractivity contribution >= 4 is 5.69 Å². The Balaban J connectivity index is 1.77. The van der Waals surface area contributed by atoms with Crippen molar-refractivity contribution in [2.24, 2.45) is 0 Å². The molecular formula is C15H24N2O. The second-order valence-corrected chi connectivity index (χ2v) is 5.34. The van der Waals surface area contributed by atoms with E-state index in [-0.39, 0.29) is 5.60 Å². The lowest BCUT2D eigenvalue weighted by atomic mass is 10.0. The topological polar surface area (TPSA) is 24.5 Å². The van der Waals surface area contributed by atoms with Crippen molar-refractivity contribution in [3.8, 4) is 0 Å². The molecule has 0 aromatic heterocycles. The van der Waals surface area contributed by atoms with Gasteiger partial charge >= 0.3 is 0 Å². The molecule has 18 heavy (non-hydrogen) atoms. The molecule has 1 N–H and O–H groups in total. The van der Waals surface area contributed by atoms with Gasteiger partial charge in [-0.05, 0) is 31.0 Å². The van der Waals surface area contributed by atoms with Crippen LogP contribution in [0.3, 0.4) is 0 Å². The summed E-state index contributed by atoms with van der Waals surface area (Å²) < 4.78 is 5.90. The van der Waals surface area contributed by atoms with Crippen LogP contribution >= 0.6 is 0 Å². The number of hydrogen-bond acceptors (Lipinski definition) is 3. The Bertz CT molecular complexity index is 371. The van der Waals surface area contributed by atoms with Crippen molar-refractivity contribution in [2.75, 3.05) is 38.2 Å². The van der Waals surface area contributed by atoms with Gasteiger partial charge in [0, 0.05) is 32.4 Å². The Morgan fingerprint density at radius 2 is 1.94 bits per heavy atom. The minimum atomic E-state index is 0.0624. The van der Waals surface area contributed by atoms with E-state index in [2.05, 4.69) is 55.4 Å². The molecule has 0 amide bonds. The first-order valence-corrected chi connectivity index (χ1v) is 6.78. The Morgan fingerprint density at radius 1 is 1.28 bits per heavy atom. The van der Waals surface area contributed by atoms with Gasteiger partial charge in [0.05, 0.1) is 12.2 Å². The number of ether oxygens (including phenoxy) is 1. The maximum absolute atomic E-state index is 5.90. The van der Waals surface area contributed by atoms with Crippen molar-refractivity contribution in [3.63, 3.8) is 0 Å². The third kappa shape index (κ3) is 3.24. The van der Waals surface area contributed by atoms with Gasteiger partial charge < -0.3 is 15.0 Å². The average Bonchev–Trinajstić information content (AvgIpc) is 2.36. The van der Waals surface area contributed by atoms with E-state index >= 15 is 0 Å². The molecule has 0 bridgehead atoms. The first-order valence-electron chi connectivity index (χ1n) is 6.78. The Hall–Kier alpha value is -1.06. The van der Waals surface area contributed by atoms with Gasteiger partial charge in [-0.2, -0.15) is 0 Å². The van der Waals surface area contributed by atoms with E-state index in [9.17, 15) is 0 Å². The molecule has 2 rings (SSSR count). The summed E-state index contributed by atoms with van der Waals surface area (Å²) in [5.74, 6) is 0. The number of nitrogens with zero attached hydrogens (tertiary/aromatic N) is 1. The molecule has 1 aromatic rings. The monoisotopic (exact) mass is 248 g/mol. The highest BCUT2D eigenvalue weighted by atomic mass is 16.5. The average molecular weight is 248 g/mol. The Labute approximate surface area is 110 Å². The molecule has 3 nitrogen and oxygen atoms in total. The standard InChI is InChI=1S/C15H24N2O/c1-4-13-5-7-14(8-6-13)17(3)9-10-18-15(2)11-16-12-15/h5-8,16H,4,9-12H2,1-3H3. The first-order chi connectivity index (χ1) is 8.63. The number of likely N-dealkylation sites (N-methyl/N-ethyl adjacent to an activating group) is 1. The summed E-state index contributed by atoms with van der Waals surface area (Å²) in [6, 6.07) is 8.77. The van der Waals surface area contributed by atoms with E-state index in [0.717, 1.165) is 32.7 Å². The van der Waals surface area contributed by atoms with E-state index in [4.69, 9.17) is 4.74 Å². The van der Waals surface area contributed by atoms with E-state index in [1.165, 1.54) is 11.3 Å². The first kappa shape index (κ1) is 13.4. The highest BCUT2D eigenvalue weighted by Gasteiger charge is 2.32. The van der Waals surface area contributed by atoms with Gasteiger partial charge in [-0.1, -0.05) is 19.1 Å². The van der Waals surface area contributed by atoms with Gasteiger partial charge in [0.25, 0.3) is 0 Å². The number of aryl methyl sites for hydroxylation is 1. The molecule has 100 valence electrons. The van der Waals surface area contributed by atoms with Crippen LogP contribution in [-0.4, -0.2) is 38.9 Å². The summed E-state index contributed by atoms with van der Waals surface area (Å²) in [6.07, 6.45) is 1.10. The van der Waals surface area contributed by atoms with Crippen LogP contribution in [0.15, 0.2) is 24.3 Å². The lowest BCUT2D eigenvalue weighted by Gasteiger charge is -2.39. The van der Waals surface area contributed by atoms with E-state index in [0.29, 0.717) is 0 Å². The van der Waals surface area contributed by atoms with Crippen molar-refractivity contribution in [1.29, 1.82) is 0 Å². The van der Waals surface area contributed by atoms with Crippen LogP contribution in [0.25, 0.3) is 0 Å². The van der Waals surface area contributed by atoms with Gasteiger partial charge in [-0.25, -0.2) is 0 Å². The minimum Gasteiger partial charge on any atom is -0.372 e. The van der Waals surface area contributed by atoms with Gasteiger partial charge in [0.2, 0.25) is 0 Å². The molecule has 0 radical (unpaired) electrons. The molecule has 1 aliphatic rings. The molecule has 0 saturated carbocycles. The smallest absolute Gasteiger partial charge is 0.0902 e. The van der Waals surface area contributed by atoms with Crippen LogP contribution in [0.5, 0.6) is 0 Å². The molecule has 0 spiro atoms. The molecule has 3 heteroatoms. The highest BCUT2D eigenvalue weighted by Crippen LogP contribution is 2.17. The van der Waals surface area contributed by atoms with Crippen LogP contribution in [0.2, 0.25) is 0 Å². The van der Waals surface area contributed by atoms with Gasteiger partial charge in [-0.3, -0.25) is 0 Å². The van der Waals surface area contributed by atoms with Gasteiger partial charge in [0.1, 0.15) is 0 Å². The molecule has 0 unspecified atom stereocenters. The highest BCUT2D eigenvalue weighted by molar-refractivity contribution is 5.46. The van der Waals surface area contributed by atoms with E-state index in [1.807, 2.05) is 0 Å². The quantitative estimate of drug-likeness (QED) is 0.834. The molecule has 1 aromatic carbocycles. The van der Waals surface area contributed by atoms with Crippen LogP contribution in [0.1, 0.15) is 19.4 Å². The third-order valence-corrected chi connectivity index (χ3v) is 3.66. The summed E-state index contributed by atoms with van der Waals surface area (Å²) in [5.41, 5.74) is 2.71. The maximum atomic E-state index is 5.90. The minimum absolute atomic E-state index is 0.0624. The predicted octanol–water partition coefficient (Wildman–Crippen LogP) is 2.06. The molecule has 1 fully saturated rings. The van der Waals surface area contributed by atoms with Crippen molar-refractivity contribution in [3.05, 3.63) is 29.8 Å². The van der Waals surface area contributed by atoms with Crippen molar-refractivity contribution in [2.45, 2.75) is 25.9 Å². The second-order valence-electron chi connectivity index (χ2n) is 5.34. The zero-order valence-electron chi connectivity index (χ0n) is 11.7. The summed E-state index contributed by atoms with van der Waals surface area (Å²) in [7, 11) is 2.12. The summed E-state index contributed by atoms with van der Waals surface area (Å²) in [6.45, 7) is 8.01. The summed E-state index contributed by atoms with van der Waals surface area (Å²) >= 11 is 0. The van der Waals surface area contributed by atoms with E-state index < -0.39 is 0 Å². The van der Waals surface area contributed by atoms with Crippen molar-refractivity contribution < 1.29 is 4.74 Å². The molecule has 1 aliphatic heterocycles. The SMILES string of the molecule is CCc1ccc(N(C)CCOC2(C)CNC2)cc1. The molecule has 0 aliphatic carbocycles. The second kappa shape index (κ2) is 5.72. The van der Waals surface area contributed by atoms with E-state index in [1.54, 1.807) is 0 Å². The molecular weight excluding hydrogens is 224 g/mol. The number of rotatable bonds is 6. The number of nitrogens with one attached hydrogen (secondary N) is 1. The summed E-state index contributed by atoms with van der Waals surface area (Å²) in [4.78, 5) is 2.24. The van der Waals surface area contributed by atoms with Gasteiger partial charge in [-0.15, -0.1) is 0 Å². The summed E-state index contributed by atoms with van der Waals surface area (Å²) in [5, 5.41) is 3.25. The molecule has 1 saturated heterocycles. The number of anilines is 1. The fraction of sp³-hybridized carbons (Fsp3) is 0.600. The Kier molecular flexibility index (Phi) is 4.25. The number of hydrogen-bond donors (Lipinski definition) is 1. The van der Waals surface area contributed by atoms with Crippen molar-refractivity contribution in [1.82, 2.24) is 5.32 Å². The lowest BCUT2D eigenvalue weighted by Crippen LogP contribution is -2.59. The lowest BCUT2D eigenvalue weighted by molar-refractivity contribution is -0.0631. The predicted molar refractivity (Wildman–Crippen MR) is 76.3 cm³/mol. The van der Waals surface area contributed by atoms with Gasteiger partial charge in [0.15, 0.2) is 0 Å². The fourth-order valence-electron chi connectivity index (χ4n) is 2.12.